The van der Waals surface area contributed by atoms with E-state index >= 15 is 0 Å². The molecular weight excluding hydrogens is 461 g/mol. The van der Waals surface area contributed by atoms with E-state index in [0.717, 1.165) is 11.1 Å². The Morgan fingerprint density at radius 3 is 2.48 bits per heavy atom. The van der Waals surface area contributed by atoms with E-state index in [9.17, 15) is 22.8 Å². The molecule has 0 radical (unpaired) electrons. The molecule has 11 heteroatoms. The number of H-pyrrole nitrogens is 1. The Hall–Kier alpha value is -3.53. The molecule has 0 saturated carbocycles. The van der Waals surface area contributed by atoms with Gasteiger partial charge in [-0.3, -0.25) is 14.3 Å². The predicted octanol–water partition coefficient (Wildman–Crippen LogP) is 3.92. The fourth-order valence-corrected chi connectivity index (χ4v) is 3.69. The molecule has 0 spiro atoms. The van der Waals surface area contributed by atoms with Crippen LogP contribution in [0.1, 0.15) is 22.5 Å². The quantitative estimate of drug-likeness (QED) is 0.471. The minimum atomic E-state index is -4.82. The van der Waals surface area contributed by atoms with Crippen LogP contribution in [0.2, 0.25) is 5.02 Å². The Kier molecular flexibility index (Phi) is 5.79. The summed E-state index contributed by atoms with van der Waals surface area (Å²) in [4.78, 5) is 31.5. The number of nitrogens with zero attached hydrogens (tertiary/aromatic N) is 3. The molecule has 172 valence electrons. The van der Waals surface area contributed by atoms with Gasteiger partial charge in [-0.25, -0.2) is 9.78 Å². The van der Waals surface area contributed by atoms with Crippen molar-refractivity contribution in [3.63, 3.8) is 0 Å². The molecule has 33 heavy (non-hydrogen) atoms. The summed E-state index contributed by atoms with van der Waals surface area (Å²) in [5.41, 5.74) is 1.21. The van der Waals surface area contributed by atoms with Crippen LogP contribution in [-0.4, -0.2) is 25.5 Å². The Labute approximate surface area is 190 Å². The second-order valence-corrected chi connectivity index (χ2v) is 7.98. The molecule has 1 N–H and O–H groups in total. The minimum Gasteiger partial charge on any atom is -0.406 e. The van der Waals surface area contributed by atoms with Crippen LogP contribution >= 0.6 is 11.6 Å². The van der Waals surface area contributed by atoms with Crippen LogP contribution in [0, 0.1) is 6.92 Å². The molecule has 0 saturated heterocycles. The summed E-state index contributed by atoms with van der Waals surface area (Å²) in [5.74, 6) is 0.0487. The topological polar surface area (TPSA) is 81.9 Å². The predicted molar refractivity (Wildman–Crippen MR) is 117 cm³/mol. The molecule has 4 rings (SSSR count). The van der Waals surface area contributed by atoms with Crippen molar-refractivity contribution >= 4 is 22.8 Å². The number of aromatic amines is 1. The maximum atomic E-state index is 12.7. The highest BCUT2D eigenvalue weighted by atomic mass is 35.5. The van der Waals surface area contributed by atoms with E-state index in [1.165, 1.54) is 29.8 Å². The third kappa shape index (κ3) is 4.80. The molecule has 7 nitrogen and oxygen atoms in total. The van der Waals surface area contributed by atoms with E-state index in [2.05, 4.69) is 14.7 Å². The van der Waals surface area contributed by atoms with Crippen molar-refractivity contribution in [2.75, 3.05) is 0 Å². The SMILES string of the molecule is Cc1ccc(OC(F)(F)F)cc1Cc1nc2c(c(=O)[nH]c(=O)n2C)n1Cc1ccc(Cl)cc1. The molecule has 0 aliphatic carbocycles. The maximum Gasteiger partial charge on any atom is 0.573 e. The lowest BCUT2D eigenvalue weighted by molar-refractivity contribution is -0.274. The van der Waals surface area contributed by atoms with Gasteiger partial charge in [0.2, 0.25) is 0 Å². The number of hydrogen-bond acceptors (Lipinski definition) is 4. The molecule has 0 amide bonds. The molecule has 0 bridgehead atoms. The number of aryl methyl sites for hydroxylation is 2. The van der Waals surface area contributed by atoms with E-state index in [1.807, 2.05) is 0 Å². The standard InChI is InChI=1S/C22H18ClF3N4O3/c1-12-3-8-16(33-22(24,25)26)9-14(12)10-17-27-19-18(20(31)28-21(32)29(19)2)30(17)11-13-4-6-15(23)7-5-13/h3-9H,10-11H2,1-2H3,(H,28,31,32). The zero-order chi connectivity index (χ0) is 23.9. The smallest absolute Gasteiger partial charge is 0.406 e. The van der Waals surface area contributed by atoms with Gasteiger partial charge in [-0.15, -0.1) is 13.2 Å². The largest absolute Gasteiger partial charge is 0.573 e. The summed E-state index contributed by atoms with van der Waals surface area (Å²) in [7, 11) is 1.48. The Morgan fingerprint density at radius 2 is 1.82 bits per heavy atom. The Bertz CT molecular complexity index is 1450. The lowest BCUT2D eigenvalue weighted by Gasteiger charge is -2.13. The van der Waals surface area contributed by atoms with Crippen molar-refractivity contribution in [1.29, 1.82) is 0 Å². The number of hydrogen-bond donors (Lipinski definition) is 1. The highest BCUT2D eigenvalue weighted by molar-refractivity contribution is 6.30. The number of rotatable bonds is 5. The van der Waals surface area contributed by atoms with Crippen LogP contribution < -0.4 is 16.0 Å². The molecule has 0 fully saturated rings. The zero-order valence-corrected chi connectivity index (χ0v) is 18.3. The van der Waals surface area contributed by atoms with Gasteiger partial charge in [0.15, 0.2) is 11.2 Å². The van der Waals surface area contributed by atoms with Crippen LogP contribution in [-0.2, 0) is 20.0 Å². The molecule has 0 aliphatic rings. The van der Waals surface area contributed by atoms with Gasteiger partial charge in [0.05, 0.1) is 0 Å². The van der Waals surface area contributed by atoms with Crippen molar-refractivity contribution in [2.45, 2.75) is 26.3 Å². The van der Waals surface area contributed by atoms with Crippen molar-refractivity contribution in [2.24, 2.45) is 7.05 Å². The third-order valence-corrected chi connectivity index (χ3v) is 5.49. The minimum absolute atomic E-state index is 0.108. The molecule has 4 aromatic rings. The lowest BCUT2D eigenvalue weighted by Crippen LogP contribution is -2.29. The number of fused-ring (bicyclic) bond motifs is 1. The van der Waals surface area contributed by atoms with Crippen molar-refractivity contribution in [3.05, 3.63) is 90.8 Å². The van der Waals surface area contributed by atoms with E-state index in [4.69, 9.17) is 11.6 Å². The number of halogens is 4. The summed E-state index contributed by atoms with van der Waals surface area (Å²) in [5, 5.41) is 0.548. The normalized spacial score (nSPS) is 11.8. The monoisotopic (exact) mass is 478 g/mol. The van der Waals surface area contributed by atoms with Gasteiger partial charge in [-0.1, -0.05) is 29.8 Å². The third-order valence-electron chi connectivity index (χ3n) is 5.24. The molecule has 0 aliphatic heterocycles. The van der Waals surface area contributed by atoms with Crippen LogP contribution in [0.4, 0.5) is 13.2 Å². The molecule has 0 atom stereocenters. The first-order chi connectivity index (χ1) is 15.5. The van der Waals surface area contributed by atoms with E-state index < -0.39 is 17.6 Å². The van der Waals surface area contributed by atoms with Crippen LogP contribution in [0.15, 0.2) is 52.1 Å². The van der Waals surface area contributed by atoms with Gasteiger partial charge in [0.25, 0.3) is 5.56 Å². The van der Waals surface area contributed by atoms with Gasteiger partial charge in [-0.2, -0.15) is 0 Å². The second-order valence-electron chi connectivity index (χ2n) is 7.54. The summed E-state index contributed by atoms with van der Waals surface area (Å²) >= 11 is 5.96. The number of nitrogens with one attached hydrogen (secondary N) is 1. The summed E-state index contributed by atoms with van der Waals surface area (Å²) in [6.45, 7) is 1.99. The average molecular weight is 479 g/mol. The highest BCUT2D eigenvalue weighted by Gasteiger charge is 2.31. The van der Waals surface area contributed by atoms with Crippen LogP contribution in [0.25, 0.3) is 11.2 Å². The van der Waals surface area contributed by atoms with Gasteiger partial charge >= 0.3 is 12.1 Å². The van der Waals surface area contributed by atoms with Crippen molar-refractivity contribution < 1.29 is 17.9 Å². The number of benzene rings is 2. The fraction of sp³-hybridized carbons (Fsp3) is 0.227. The van der Waals surface area contributed by atoms with Gasteiger partial charge in [0.1, 0.15) is 11.6 Å². The first kappa shape index (κ1) is 22.7. The van der Waals surface area contributed by atoms with Gasteiger partial charge in [0, 0.05) is 25.0 Å². The number of ether oxygens (including phenoxy) is 1. The fourth-order valence-electron chi connectivity index (χ4n) is 3.56. The maximum absolute atomic E-state index is 12.7. The van der Waals surface area contributed by atoms with E-state index in [1.54, 1.807) is 35.8 Å². The van der Waals surface area contributed by atoms with Crippen LogP contribution in [0.3, 0.4) is 0 Å². The molecular formula is C22H18ClF3N4O3. The molecule has 2 aromatic carbocycles. The van der Waals surface area contributed by atoms with Crippen LogP contribution in [0.5, 0.6) is 5.75 Å². The molecule has 2 aromatic heterocycles. The number of imidazole rings is 1. The van der Waals surface area contributed by atoms with Crippen molar-refractivity contribution in [1.82, 2.24) is 19.1 Å². The van der Waals surface area contributed by atoms with Gasteiger partial charge in [-0.05, 0) is 47.9 Å². The highest BCUT2D eigenvalue weighted by Crippen LogP contribution is 2.27. The Balaban J connectivity index is 1.85. The van der Waals surface area contributed by atoms with Gasteiger partial charge < -0.3 is 9.30 Å². The Morgan fingerprint density at radius 1 is 1.12 bits per heavy atom. The second kappa shape index (κ2) is 8.43. The lowest BCUT2D eigenvalue weighted by atomic mass is 10.0. The summed E-state index contributed by atoms with van der Waals surface area (Å²) < 4.78 is 45.0. The van der Waals surface area contributed by atoms with E-state index in [-0.39, 0.29) is 29.9 Å². The van der Waals surface area contributed by atoms with E-state index in [0.29, 0.717) is 16.4 Å². The summed E-state index contributed by atoms with van der Waals surface area (Å²) in [6.07, 6.45) is -4.71. The molecule has 2 heterocycles. The number of alkyl halides is 3. The molecule has 0 unspecified atom stereocenters. The zero-order valence-electron chi connectivity index (χ0n) is 17.5. The first-order valence-electron chi connectivity index (χ1n) is 9.80. The average Bonchev–Trinajstić information content (AvgIpc) is 3.08. The number of aromatic nitrogens is 4. The van der Waals surface area contributed by atoms with Crippen molar-refractivity contribution in [3.8, 4) is 5.75 Å². The first-order valence-corrected chi connectivity index (χ1v) is 10.2. The summed E-state index contributed by atoms with van der Waals surface area (Å²) in [6, 6.07) is 11.0.